The van der Waals surface area contributed by atoms with Crippen LogP contribution in [0.25, 0.3) is 12.2 Å². The minimum Gasteiger partial charge on any atom is -0.495 e. The first-order chi connectivity index (χ1) is 12.7. The first-order valence-corrected chi connectivity index (χ1v) is 7.92. The van der Waals surface area contributed by atoms with Crippen molar-refractivity contribution in [3.63, 3.8) is 0 Å². The lowest BCUT2D eigenvalue weighted by molar-refractivity contribution is 0.324. The van der Waals surface area contributed by atoms with Crippen LogP contribution >= 0.6 is 0 Å². The molecule has 0 atom stereocenters. The maximum atomic E-state index is 8.89. The molecule has 0 aliphatic rings. The first-order valence-electron chi connectivity index (χ1n) is 7.92. The van der Waals surface area contributed by atoms with E-state index in [0.29, 0.717) is 28.6 Å². The standard InChI is InChI=1S/C21H22O5/c1-23-18-10-9-15(12-17(18)6-5-11-22)7-8-16-13-19(24-2)21(26-4)20(14-16)25-3/h7-10,12-14,22H,11H2,1-4H3/b8-7-. The smallest absolute Gasteiger partial charge is 0.203 e. The Morgan fingerprint density at radius 3 is 1.96 bits per heavy atom. The quantitative estimate of drug-likeness (QED) is 0.638. The van der Waals surface area contributed by atoms with Gasteiger partial charge in [-0.15, -0.1) is 0 Å². The molecule has 0 amide bonds. The second-order valence-corrected chi connectivity index (χ2v) is 5.21. The Bertz CT molecular complexity index is 818. The molecule has 1 N–H and O–H groups in total. The molecule has 2 aromatic carbocycles. The number of hydrogen-bond acceptors (Lipinski definition) is 5. The molecule has 0 saturated heterocycles. The molecule has 0 aliphatic carbocycles. The number of aliphatic hydroxyl groups is 1. The number of aliphatic hydroxyl groups excluding tert-OH is 1. The third-order valence-electron chi connectivity index (χ3n) is 3.68. The average molecular weight is 354 g/mol. The summed E-state index contributed by atoms with van der Waals surface area (Å²) in [6.07, 6.45) is 3.89. The summed E-state index contributed by atoms with van der Waals surface area (Å²) < 4.78 is 21.4. The number of ether oxygens (including phenoxy) is 4. The zero-order valence-corrected chi connectivity index (χ0v) is 15.3. The molecule has 5 nitrogen and oxygen atoms in total. The normalized spacial score (nSPS) is 10.2. The molecule has 0 radical (unpaired) electrons. The molecular weight excluding hydrogens is 332 g/mol. The van der Waals surface area contributed by atoms with E-state index in [2.05, 4.69) is 11.8 Å². The lowest BCUT2D eigenvalue weighted by atomic mass is 10.1. The number of rotatable bonds is 6. The fourth-order valence-corrected chi connectivity index (χ4v) is 2.45. The number of hydrogen-bond donors (Lipinski definition) is 1. The molecule has 136 valence electrons. The SMILES string of the molecule is COc1ccc(/C=C\c2cc(OC)c(OC)c(OC)c2)cc1C#CCO. The van der Waals surface area contributed by atoms with Crippen LogP contribution < -0.4 is 18.9 Å². The minimum atomic E-state index is -0.200. The number of benzene rings is 2. The van der Waals surface area contributed by atoms with Gasteiger partial charge in [0.1, 0.15) is 12.4 Å². The maximum absolute atomic E-state index is 8.89. The van der Waals surface area contributed by atoms with Gasteiger partial charge in [0.25, 0.3) is 0 Å². The van der Waals surface area contributed by atoms with E-state index in [-0.39, 0.29) is 6.61 Å². The van der Waals surface area contributed by atoms with Crippen molar-refractivity contribution in [2.24, 2.45) is 0 Å². The van der Waals surface area contributed by atoms with E-state index in [1.165, 1.54) is 0 Å². The summed E-state index contributed by atoms with van der Waals surface area (Å²) in [7, 11) is 6.33. The Hall–Kier alpha value is -3.10. The maximum Gasteiger partial charge on any atom is 0.203 e. The summed E-state index contributed by atoms with van der Waals surface area (Å²) >= 11 is 0. The minimum absolute atomic E-state index is 0.200. The second kappa shape index (κ2) is 9.40. The molecular formula is C21H22O5. The highest BCUT2D eigenvalue weighted by molar-refractivity contribution is 5.73. The fourth-order valence-electron chi connectivity index (χ4n) is 2.45. The van der Waals surface area contributed by atoms with Crippen molar-refractivity contribution in [2.45, 2.75) is 0 Å². The molecule has 2 aromatic rings. The van der Waals surface area contributed by atoms with Gasteiger partial charge in [0.05, 0.1) is 34.0 Å². The van der Waals surface area contributed by atoms with Crippen molar-refractivity contribution in [3.05, 3.63) is 47.0 Å². The monoisotopic (exact) mass is 354 g/mol. The van der Waals surface area contributed by atoms with Crippen LogP contribution in [0.1, 0.15) is 16.7 Å². The Labute approximate surface area is 153 Å². The van der Waals surface area contributed by atoms with Crippen molar-refractivity contribution < 1.29 is 24.1 Å². The van der Waals surface area contributed by atoms with Crippen molar-refractivity contribution >= 4 is 12.2 Å². The molecule has 0 fully saturated rings. The molecule has 5 heteroatoms. The van der Waals surface area contributed by atoms with Crippen LogP contribution in [0.15, 0.2) is 30.3 Å². The van der Waals surface area contributed by atoms with Crippen LogP contribution in [-0.2, 0) is 0 Å². The largest absolute Gasteiger partial charge is 0.495 e. The lowest BCUT2D eigenvalue weighted by Gasteiger charge is -2.12. The van der Waals surface area contributed by atoms with Crippen molar-refractivity contribution in [1.29, 1.82) is 0 Å². The molecule has 0 spiro atoms. The molecule has 0 heterocycles. The number of methoxy groups -OCH3 is 4. The predicted octanol–water partition coefficient (Wildman–Crippen LogP) is 3.24. The van der Waals surface area contributed by atoms with Gasteiger partial charge in [-0.1, -0.05) is 30.1 Å². The van der Waals surface area contributed by atoms with E-state index in [9.17, 15) is 0 Å². The van der Waals surface area contributed by atoms with Crippen LogP contribution in [0, 0.1) is 11.8 Å². The first kappa shape index (κ1) is 19.2. The Kier molecular flexibility index (Phi) is 6.95. The highest BCUT2D eigenvalue weighted by Crippen LogP contribution is 2.38. The summed E-state index contributed by atoms with van der Waals surface area (Å²) in [5.41, 5.74) is 2.56. The van der Waals surface area contributed by atoms with Crippen molar-refractivity contribution in [2.75, 3.05) is 35.0 Å². The van der Waals surface area contributed by atoms with Gasteiger partial charge in [-0.05, 0) is 35.4 Å². The summed E-state index contributed by atoms with van der Waals surface area (Å²) in [5, 5.41) is 8.89. The van der Waals surface area contributed by atoms with Gasteiger partial charge in [-0.2, -0.15) is 0 Å². The van der Waals surface area contributed by atoms with Gasteiger partial charge in [0.15, 0.2) is 11.5 Å². The van der Waals surface area contributed by atoms with E-state index >= 15 is 0 Å². The van der Waals surface area contributed by atoms with Gasteiger partial charge in [-0.3, -0.25) is 0 Å². The van der Waals surface area contributed by atoms with E-state index in [1.54, 1.807) is 28.4 Å². The van der Waals surface area contributed by atoms with Crippen molar-refractivity contribution in [1.82, 2.24) is 0 Å². The molecule has 2 rings (SSSR count). The van der Waals surface area contributed by atoms with Crippen LogP contribution in [0.2, 0.25) is 0 Å². The Balaban J connectivity index is 2.37. The average Bonchev–Trinajstić information content (AvgIpc) is 2.69. The van der Waals surface area contributed by atoms with Crippen LogP contribution in [0.4, 0.5) is 0 Å². The highest BCUT2D eigenvalue weighted by Gasteiger charge is 2.12. The van der Waals surface area contributed by atoms with Gasteiger partial charge in [-0.25, -0.2) is 0 Å². The molecule has 0 aliphatic heterocycles. The predicted molar refractivity (Wildman–Crippen MR) is 102 cm³/mol. The van der Waals surface area contributed by atoms with E-state index in [1.807, 2.05) is 42.5 Å². The highest BCUT2D eigenvalue weighted by atomic mass is 16.5. The van der Waals surface area contributed by atoms with Gasteiger partial charge in [0, 0.05) is 0 Å². The van der Waals surface area contributed by atoms with Gasteiger partial charge >= 0.3 is 0 Å². The molecule has 26 heavy (non-hydrogen) atoms. The summed E-state index contributed by atoms with van der Waals surface area (Å²) in [4.78, 5) is 0. The van der Waals surface area contributed by atoms with Crippen LogP contribution in [0.3, 0.4) is 0 Å². The van der Waals surface area contributed by atoms with Gasteiger partial charge < -0.3 is 24.1 Å². The summed E-state index contributed by atoms with van der Waals surface area (Å²) in [6, 6.07) is 9.41. The zero-order chi connectivity index (χ0) is 18.9. The molecule has 0 bridgehead atoms. The van der Waals surface area contributed by atoms with E-state index in [4.69, 9.17) is 24.1 Å². The molecule has 0 saturated carbocycles. The second-order valence-electron chi connectivity index (χ2n) is 5.21. The van der Waals surface area contributed by atoms with E-state index in [0.717, 1.165) is 11.1 Å². The fraction of sp³-hybridized carbons (Fsp3) is 0.238. The molecule has 0 aromatic heterocycles. The topological polar surface area (TPSA) is 57.2 Å². The Morgan fingerprint density at radius 2 is 1.42 bits per heavy atom. The van der Waals surface area contributed by atoms with E-state index < -0.39 is 0 Å². The Morgan fingerprint density at radius 1 is 0.808 bits per heavy atom. The van der Waals surface area contributed by atoms with Crippen LogP contribution in [-0.4, -0.2) is 40.2 Å². The summed E-state index contributed by atoms with van der Waals surface area (Å²) in [5.74, 6) is 7.93. The zero-order valence-electron chi connectivity index (χ0n) is 15.3. The molecule has 0 unspecified atom stereocenters. The van der Waals surface area contributed by atoms with Gasteiger partial charge in [0.2, 0.25) is 5.75 Å². The van der Waals surface area contributed by atoms with Crippen LogP contribution in [0.5, 0.6) is 23.0 Å². The summed E-state index contributed by atoms with van der Waals surface area (Å²) in [6.45, 7) is -0.200. The third-order valence-corrected chi connectivity index (χ3v) is 3.68. The lowest BCUT2D eigenvalue weighted by Crippen LogP contribution is -1.95. The third kappa shape index (κ3) is 4.50. The van der Waals surface area contributed by atoms with Crippen molar-refractivity contribution in [3.8, 4) is 34.8 Å².